The first-order chi connectivity index (χ1) is 7.99. The maximum absolute atomic E-state index is 11.7. The molecule has 0 spiro atoms. The molecule has 0 radical (unpaired) electrons. The molecule has 1 aliphatic rings. The molecule has 1 aromatic heterocycles. The molecule has 0 bridgehead atoms. The topological polar surface area (TPSA) is 73.3 Å². The second-order valence-electron chi connectivity index (χ2n) is 4.66. The Labute approximate surface area is 99.3 Å². The molecular formula is C11H18N4O2. The number of likely N-dealkylation sites (tertiary alicyclic amines) is 1. The largest absolute Gasteiger partial charge is 0.330 e. The second kappa shape index (κ2) is 4.46. The van der Waals surface area contributed by atoms with Gasteiger partial charge in [-0.1, -0.05) is 0 Å². The minimum Gasteiger partial charge on any atom is -0.326 e. The van der Waals surface area contributed by atoms with Gasteiger partial charge in [-0.3, -0.25) is 18.8 Å². The van der Waals surface area contributed by atoms with E-state index < -0.39 is 0 Å². The van der Waals surface area contributed by atoms with Gasteiger partial charge in [-0.25, -0.2) is 4.79 Å². The minimum atomic E-state index is -0.281. The van der Waals surface area contributed by atoms with Gasteiger partial charge >= 0.3 is 5.69 Å². The number of nitrogens with zero attached hydrogens (tertiary/aromatic N) is 3. The first-order valence-electron chi connectivity index (χ1n) is 5.73. The van der Waals surface area contributed by atoms with Gasteiger partial charge in [0.05, 0.1) is 0 Å². The molecule has 2 heterocycles. The molecule has 0 aromatic carbocycles. The van der Waals surface area contributed by atoms with E-state index in [1.165, 1.54) is 17.7 Å². The Morgan fingerprint density at radius 2 is 2.06 bits per heavy atom. The SMILES string of the molecule is Cn1c(CN2CCC(N)C2)cc(=O)n(C)c1=O. The molecule has 1 fully saturated rings. The molecule has 6 heteroatoms. The van der Waals surface area contributed by atoms with Gasteiger partial charge in [0.2, 0.25) is 0 Å². The van der Waals surface area contributed by atoms with E-state index >= 15 is 0 Å². The van der Waals surface area contributed by atoms with Crippen LogP contribution >= 0.6 is 0 Å². The summed E-state index contributed by atoms with van der Waals surface area (Å²) in [4.78, 5) is 25.5. The lowest BCUT2D eigenvalue weighted by molar-refractivity contribution is 0.316. The van der Waals surface area contributed by atoms with Gasteiger partial charge < -0.3 is 5.73 Å². The van der Waals surface area contributed by atoms with Gasteiger partial charge in [-0.15, -0.1) is 0 Å². The van der Waals surface area contributed by atoms with Gasteiger partial charge in [0.1, 0.15) is 0 Å². The van der Waals surface area contributed by atoms with Gasteiger partial charge in [0.15, 0.2) is 0 Å². The minimum absolute atomic E-state index is 0.207. The standard InChI is InChI=1S/C11H18N4O2/c1-13-9(5-10(16)14(2)11(13)17)7-15-4-3-8(12)6-15/h5,8H,3-4,6-7,12H2,1-2H3. The predicted octanol–water partition coefficient (Wildman–Crippen LogP) is -1.38. The zero-order valence-corrected chi connectivity index (χ0v) is 10.2. The number of hydrogen-bond acceptors (Lipinski definition) is 4. The first kappa shape index (κ1) is 12.1. The quantitative estimate of drug-likeness (QED) is 0.689. The van der Waals surface area contributed by atoms with Crippen LogP contribution in [0.1, 0.15) is 12.1 Å². The van der Waals surface area contributed by atoms with E-state index in [1.807, 2.05) is 0 Å². The molecule has 1 atom stereocenters. The van der Waals surface area contributed by atoms with Crippen molar-refractivity contribution in [1.29, 1.82) is 0 Å². The molecule has 0 amide bonds. The lowest BCUT2D eigenvalue weighted by Gasteiger charge is -2.17. The van der Waals surface area contributed by atoms with Crippen LogP contribution in [0.4, 0.5) is 0 Å². The first-order valence-corrected chi connectivity index (χ1v) is 5.73. The maximum atomic E-state index is 11.7. The van der Waals surface area contributed by atoms with Gasteiger partial charge in [-0.05, 0) is 6.42 Å². The molecule has 94 valence electrons. The Morgan fingerprint density at radius 1 is 1.35 bits per heavy atom. The zero-order chi connectivity index (χ0) is 12.6. The summed E-state index contributed by atoms with van der Waals surface area (Å²) in [7, 11) is 3.17. The molecule has 0 saturated carbocycles. The summed E-state index contributed by atoms with van der Waals surface area (Å²) in [6, 6.07) is 1.73. The monoisotopic (exact) mass is 238 g/mol. The summed E-state index contributed by atoms with van der Waals surface area (Å²) in [5.74, 6) is 0. The van der Waals surface area contributed by atoms with E-state index in [2.05, 4.69) is 4.90 Å². The Morgan fingerprint density at radius 3 is 2.65 bits per heavy atom. The number of aromatic nitrogens is 2. The molecular weight excluding hydrogens is 220 g/mol. The molecule has 1 saturated heterocycles. The van der Waals surface area contributed by atoms with Crippen molar-refractivity contribution in [3.05, 3.63) is 32.6 Å². The lowest BCUT2D eigenvalue weighted by Crippen LogP contribution is -2.39. The molecule has 2 N–H and O–H groups in total. The highest BCUT2D eigenvalue weighted by Gasteiger charge is 2.20. The Balaban J connectivity index is 2.28. The summed E-state index contributed by atoms with van der Waals surface area (Å²) >= 11 is 0. The maximum Gasteiger partial charge on any atom is 0.330 e. The third-order valence-electron chi connectivity index (χ3n) is 3.32. The van der Waals surface area contributed by atoms with Gasteiger partial charge in [0.25, 0.3) is 5.56 Å². The summed E-state index contributed by atoms with van der Waals surface area (Å²) in [5, 5.41) is 0. The highest BCUT2D eigenvalue weighted by Crippen LogP contribution is 2.10. The third kappa shape index (κ3) is 2.32. The van der Waals surface area contributed by atoms with Crippen LogP contribution in [0.2, 0.25) is 0 Å². The fraction of sp³-hybridized carbons (Fsp3) is 0.636. The van der Waals surface area contributed by atoms with E-state index in [1.54, 1.807) is 7.05 Å². The number of rotatable bonds is 2. The normalized spacial score (nSPS) is 21.0. The molecule has 1 unspecified atom stereocenters. The lowest BCUT2D eigenvalue weighted by atomic mass is 10.3. The van der Waals surface area contributed by atoms with Crippen LogP contribution in [0.5, 0.6) is 0 Å². The van der Waals surface area contributed by atoms with Crippen LogP contribution in [0.3, 0.4) is 0 Å². The van der Waals surface area contributed by atoms with Gasteiger partial charge in [-0.2, -0.15) is 0 Å². The molecule has 2 rings (SSSR count). The summed E-state index contributed by atoms with van der Waals surface area (Å²) in [6.07, 6.45) is 0.971. The number of nitrogens with two attached hydrogens (primary N) is 1. The van der Waals surface area contributed by atoms with Crippen molar-refractivity contribution in [2.75, 3.05) is 13.1 Å². The van der Waals surface area contributed by atoms with Crippen molar-refractivity contribution in [3.8, 4) is 0 Å². The van der Waals surface area contributed by atoms with Crippen molar-refractivity contribution >= 4 is 0 Å². The Kier molecular flexibility index (Phi) is 3.17. The van der Waals surface area contributed by atoms with E-state index in [4.69, 9.17) is 5.73 Å². The zero-order valence-electron chi connectivity index (χ0n) is 10.2. The van der Waals surface area contributed by atoms with Crippen molar-refractivity contribution in [3.63, 3.8) is 0 Å². The van der Waals surface area contributed by atoms with Crippen LogP contribution in [0, 0.1) is 0 Å². The van der Waals surface area contributed by atoms with Crippen molar-refractivity contribution in [2.45, 2.75) is 19.0 Å². The summed E-state index contributed by atoms with van der Waals surface area (Å²) in [5.41, 5.74) is 6.03. The third-order valence-corrected chi connectivity index (χ3v) is 3.32. The highest BCUT2D eigenvalue weighted by molar-refractivity contribution is 5.02. The van der Waals surface area contributed by atoms with Gasteiger partial charge in [0, 0.05) is 51.5 Å². The van der Waals surface area contributed by atoms with Crippen LogP contribution in [0.25, 0.3) is 0 Å². The van der Waals surface area contributed by atoms with E-state index in [-0.39, 0.29) is 17.3 Å². The van der Waals surface area contributed by atoms with Crippen molar-refractivity contribution < 1.29 is 0 Å². The van der Waals surface area contributed by atoms with E-state index in [0.717, 1.165) is 29.8 Å². The van der Waals surface area contributed by atoms with Crippen LogP contribution in [-0.4, -0.2) is 33.2 Å². The van der Waals surface area contributed by atoms with Crippen molar-refractivity contribution in [1.82, 2.24) is 14.0 Å². The molecule has 0 aliphatic carbocycles. The van der Waals surface area contributed by atoms with E-state index in [9.17, 15) is 9.59 Å². The average molecular weight is 238 g/mol. The molecule has 1 aliphatic heterocycles. The molecule has 1 aromatic rings. The Hall–Kier alpha value is -1.40. The fourth-order valence-electron chi connectivity index (χ4n) is 2.17. The Bertz CT molecular complexity index is 531. The highest BCUT2D eigenvalue weighted by atomic mass is 16.2. The van der Waals surface area contributed by atoms with Crippen LogP contribution in [-0.2, 0) is 20.6 Å². The smallest absolute Gasteiger partial charge is 0.326 e. The number of hydrogen-bond donors (Lipinski definition) is 1. The fourth-order valence-corrected chi connectivity index (χ4v) is 2.17. The van der Waals surface area contributed by atoms with E-state index in [0.29, 0.717) is 6.54 Å². The summed E-state index contributed by atoms with van der Waals surface area (Å²) in [6.45, 7) is 2.35. The van der Waals surface area contributed by atoms with Crippen LogP contribution in [0.15, 0.2) is 15.7 Å². The molecule has 6 nitrogen and oxygen atoms in total. The van der Waals surface area contributed by atoms with Crippen molar-refractivity contribution in [2.24, 2.45) is 19.8 Å². The molecule has 17 heavy (non-hydrogen) atoms. The predicted molar refractivity (Wildman–Crippen MR) is 64.8 cm³/mol. The average Bonchev–Trinajstić information content (AvgIpc) is 2.69. The summed E-state index contributed by atoms with van der Waals surface area (Å²) < 4.78 is 2.63. The second-order valence-corrected chi connectivity index (χ2v) is 4.66. The van der Waals surface area contributed by atoms with Crippen LogP contribution < -0.4 is 17.0 Å².